The number of anilines is 1. The largest absolute Gasteiger partial charge is 0.357 e. The van der Waals surface area contributed by atoms with Crippen LogP contribution >= 0.6 is 0 Å². The van der Waals surface area contributed by atoms with Gasteiger partial charge in [-0.25, -0.2) is 8.42 Å². The zero-order valence-corrected chi connectivity index (χ0v) is 22.0. The Morgan fingerprint density at radius 3 is 2.14 bits per heavy atom. The van der Waals surface area contributed by atoms with Crippen molar-refractivity contribution < 1.29 is 18.0 Å². The number of aryl methyl sites for hydroxylation is 2. The first kappa shape index (κ1) is 26.9. The number of benzene rings is 3. The first-order valence-electron chi connectivity index (χ1n) is 11.9. The lowest BCUT2D eigenvalue weighted by Crippen LogP contribution is -2.51. The summed E-state index contributed by atoms with van der Waals surface area (Å²) in [6.45, 7) is 5.30. The van der Waals surface area contributed by atoms with Gasteiger partial charge in [-0.15, -0.1) is 0 Å². The van der Waals surface area contributed by atoms with E-state index >= 15 is 0 Å². The Morgan fingerprint density at radius 2 is 1.56 bits per heavy atom. The molecule has 3 rings (SSSR count). The zero-order chi connectivity index (χ0) is 26.3. The van der Waals surface area contributed by atoms with E-state index in [-0.39, 0.29) is 17.3 Å². The van der Waals surface area contributed by atoms with Crippen LogP contribution in [-0.4, -0.2) is 44.8 Å². The smallest absolute Gasteiger partial charge is 0.264 e. The van der Waals surface area contributed by atoms with Crippen LogP contribution in [0, 0.1) is 13.8 Å². The Morgan fingerprint density at radius 1 is 0.889 bits per heavy atom. The molecule has 0 saturated carbocycles. The normalized spacial score (nSPS) is 12.0. The van der Waals surface area contributed by atoms with E-state index < -0.39 is 28.5 Å². The maximum absolute atomic E-state index is 13.8. The fraction of sp³-hybridized carbons (Fsp3) is 0.286. The van der Waals surface area contributed by atoms with Crippen molar-refractivity contribution in [3.05, 3.63) is 95.6 Å². The van der Waals surface area contributed by atoms with Crippen LogP contribution in [0.5, 0.6) is 0 Å². The molecule has 0 heterocycles. The molecule has 1 atom stereocenters. The van der Waals surface area contributed by atoms with Crippen molar-refractivity contribution in [1.29, 1.82) is 0 Å². The molecule has 0 aliphatic carbocycles. The van der Waals surface area contributed by atoms with E-state index in [1.165, 1.54) is 11.9 Å². The van der Waals surface area contributed by atoms with Crippen molar-refractivity contribution in [3.63, 3.8) is 0 Å². The zero-order valence-electron chi connectivity index (χ0n) is 21.1. The molecule has 0 bridgehead atoms. The molecule has 190 valence electrons. The summed E-state index contributed by atoms with van der Waals surface area (Å²) in [6, 6.07) is 22.2. The van der Waals surface area contributed by atoms with Gasteiger partial charge in [-0.2, -0.15) is 0 Å². The summed E-state index contributed by atoms with van der Waals surface area (Å²) in [6.07, 6.45) is 0.382. The van der Waals surface area contributed by atoms with Gasteiger partial charge in [-0.1, -0.05) is 67.1 Å². The van der Waals surface area contributed by atoms with Gasteiger partial charge in [0.15, 0.2) is 0 Å². The Hall–Kier alpha value is -3.65. The summed E-state index contributed by atoms with van der Waals surface area (Å²) >= 11 is 0. The first-order valence-corrected chi connectivity index (χ1v) is 13.3. The molecule has 0 aliphatic rings. The van der Waals surface area contributed by atoms with Gasteiger partial charge in [0, 0.05) is 13.6 Å². The summed E-state index contributed by atoms with van der Waals surface area (Å²) < 4.78 is 28.7. The lowest BCUT2D eigenvalue weighted by atomic mass is 10.1. The third-order valence-electron chi connectivity index (χ3n) is 6.01. The molecule has 3 aromatic rings. The van der Waals surface area contributed by atoms with Crippen LogP contribution in [-0.2, 0) is 26.2 Å². The van der Waals surface area contributed by atoms with Crippen LogP contribution in [0.4, 0.5) is 5.69 Å². The van der Waals surface area contributed by atoms with Gasteiger partial charge in [0.2, 0.25) is 11.8 Å². The van der Waals surface area contributed by atoms with Crippen LogP contribution in [0.3, 0.4) is 0 Å². The SMILES string of the molecule is CC[C@@H](C(=O)NC)N(Cc1ccccc1)C(=O)CN(c1cccc(C)c1)S(=O)(=O)c1ccc(C)cc1. The van der Waals surface area contributed by atoms with Crippen LogP contribution < -0.4 is 9.62 Å². The van der Waals surface area contributed by atoms with Crippen LogP contribution in [0.15, 0.2) is 83.8 Å². The fourth-order valence-electron chi connectivity index (χ4n) is 4.02. The molecule has 0 unspecified atom stereocenters. The summed E-state index contributed by atoms with van der Waals surface area (Å²) in [5.74, 6) is -0.767. The molecule has 3 aromatic carbocycles. The molecule has 0 aliphatic heterocycles. The molecule has 0 radical (unpaired) electrons. The number of amides is 2. The van der Waals surface area contributed by atoms with Gasteiger partial charge in [0.1, 0.15) is 12.6 Å². The second-order valence-electron chi connectivity index (χ2n) is 8.71. The standard InChI is InChI=1S/C28H33N3O4S/c1-5-26(28(33)29-4)30(19-23-11-7-6-8-12-23)27(32)20-31(24-13-9-10-22(3)18-24)36(34,35)25-16-14-21(2)15-17-25/h6-18,26H,5,19-20H2,1-4H3,(H,29,33)/t26-/m0/s1. The molecule has 0 saturated heterocycles. The van der Waals surface area contributed by atoms with Gasteiger partial charge in [-0.3, -0.25) is 13.9 Å². The van der Waals surface area contributed by atoms with Crippen molar-refractivity contribution in [3.8, 4) is 0 Å². The maximum Gasteiger partial charge on any atom is 0.264 e. The monoisotopic (exact) mass is 507 g/mol. The number of carbonyl (C=O) groups excluding carboxylic acids is 2. The molecule has 2 amide bonds. The van der Waals surface area contributed by atoms with E-state index in [2.05, 4.69) is 5.32 Å². The van der Waals surface area contributed by atoms with Gasteiger partial charge >= 0.3 is 0 Å². The minimum absolute atomic E-state index is 0.0929. The maximum atomic E-state index is 13.8. The first-order chi connectivity index (χ1) is 17.2. The van der Waals surface area contributed by atoms with Gasteiger partial charge in [0.05, 0.1) is 10.6 Å². The number of carbonyl (C=O) groups is 2. The number of rotatable bonds is 10. The van der Waals surface area contributed by atoms with Crippen molar-refractivity contribution >= 4 is 27.5 Å². The van der Waals surface area contributed by atoms with E-state index in [0.717, 1.165) is 21.0 Å². The predicted octanol–water partition coefficient (Wildman–Crippen LogP) is 4.05. The molecular weight excluding hydrogens is 474 g/mol. The molecule has 0 fully saturated rings. The molecule has 7 nitrogen and oxygen atoms in total. The number of hydrogen-bond acceptors (Lipinski definition) is 4. The summed E-state index contributed by atoms with van der Waals surface area (Å²) in [5, 5.41) is 2.63. The molecule has 36 heavy (non-hydrogen) atoms. The highest BCUT2D eigenvalue weighted by atomic mass is 32.2. The third-order valence-corrected chi connectivity index (χ3v) is 7.79. The molecule has 0 aromatic heterocycles. The summed E-state index contributed by atoms with van der Waals surface area (Å²) in [4.78, 5) is 28.1. The highest BCUT2D eigenvalue weighted by Crippen LogP contribution is 2.26. The number of sulfonamides is 1. The summed E-state index contributed by atoms with van der Waals surface area (Å²) in [7, 11) is -2.54. The van der Waals surface area contributed by atoms with Gasteiger partial charge < -0.3 is 10.2 Å². The minimum atomic E-state index is -4.06. The highest BCUT2D eigenvalue weighted by molar-refractivity contribution is 7.92. The second kappa shape index (κ2) is 11.9. The van der Waals surface area contributed by atoms with Crippen LogP contribution in [0.2, 0.25) is 0 Å². The number of nitrogens with one attached hydrogen (secondary N) is 1. The highest BCUT2D eigenvalue weighted by Gasteiger charge is 2.33. The Bertz CT molecular complexity index is 1290. The van der Waals surface area contributed by atoms with Crippen molar-refractivity contribution in [1.82, 2.24) is 10.2 Å². The Kier molecular flexibility index (Phi) is 8.88. The topological polar surface area (TPSA) is 86.8 Å². The molecule has 1 N–H and O–H groups in total. The number of hydrogen-bond donors (Lipinski definition) is 1. The van der Waals surface area contributed by atoms with Crippen molar-refractivity contribution in [2.75, 3.05) is 17.9 Å². The third kappa shape index (κ3) is 6.31. The molecular formula is C28H33N3O4S. The Balaban J connectivity index is 2.05. The molecule has 8 heteroatoms. The predicted molar refractivity (Wildman–Crippen MR) is 142 cm³/mol. The Labute approximate surface area is 213 Å². The van der Waals surface area contributed by atoms with E-state index in [1.54, 1.807) is 42.5 Å². The second-order valence-corrected chi connectivity index (χ2v) is 10.6. The summed E-state index contributed by atoms with van der Waals surface area (Å²) in [5.41, 5.74) is 3.02. The van der Waals surface area contributed by atoms with E-state index in [4.69, 9.17) is 0 Å². The lowest BCUT2D eigenvalue weighted by Gasteiger charge is -2.33. The average molecular weight is 508 g/mol. The van der Waals surface area contributed by atoms with E-state index in [9.17, 15) is 18.0 Å². The van der Waals surface area contributed by atoms with Gasteiger partial charge in [0.25, 0.3) is 10.0 Å². The molecule has 0 spiro atoms. The number of nitrogens with zero attached hydrogens (tertiary/aromatic N) is 2. The average Bonchev–Trinajstić information content (AvgIpc) is 2.87. The van der Waals surface area contributed by atoms with E-state index in [0.29, 0.717) is 12.1 Å². The van der Waals surface area contributed by atoms with Crippen molar-refractivity contribution in [2.24, 2.45) is 0 Å². The van der Waals surface area contributed by atoms with Crippen LogP contribution in [0.1, 0.15) is 30.0 Å². The minimum Gasteiger partial charge on any atom is -0.357 e. The number of likely N-dealkylation sites (N-methyl/N-ethyl adjacent to an activating group) is 1. The van der Waals surface area contributed by atoms with Gasteiger partial charge in [-0.05, 0) is 55.7 Å². The quantitative estimate of drug-likeness (QED) is 0.449. The van der Waals surface area contributed by atoms with E-state index in [1.807, 2.05) is 57.2 Å². The fourth-order valence-corrected chi connectivity index (χ4v) is 5.42. The lowest BCUT2D eigenvalue weighted by molar-refractivity contribution is -0.140. The van der Waals surface area contributed by atoms with Crippen molar-refractivity contribution in [2.45, 2.75) is 44.7 Å². The van der Waals surface area contributed by atoms with Crippen LogP contribution in [0.25, 0.3) is 0 Å².